The van der Waals surface area contributed by atoms with Gasteiger partial charge in [-0.15, -0.1) is 23.2 Å². The second kappa shape index (κ2) is 3.66. The molecule has 0 aliphatic heterocycles. The summed E-state index contributed by atoms with van der Waals surface area (Å²) in [5.74, 6) is 0.573. The van der Waals surface area contributed by atoms with Crippen molar-refractivity contribution in [2.75, 3.05) is 5.88 Å². The molecule has 0 saturated carbocycles. The van der Waals surface area contributed by atoms with E-state index in [4.69, 9.17) is 34.8 Å². The van der Waals surface area contributed by atoms with E-state index in [1.54, 1.807) is 0 Å². The van der Waals surface area contributed by atoms with Gasteiger partial charge in [0.25, 0.3) is 0 Å². The molecule has 56 valence electrons. The number of allylic oxidation sites excluding steroid dienone is 4. The molecule has 0 heterocycles. The van der Waals surface area contributed by atoms with E-state index in [9.17, 15) is 0 Å². The van der Waals surface area contributed by atoms with Crippen LogP contribution < -0.4 is 0 Å². The van der Waals surface area contributed by atoms with Gasteiger partial charge in [-0.05, 0) is 6.08 Å². The maximum absolute atomic E-state index is 5.88. The van der Waals surface area contributed by atoms with Gasteiger partial charge in [-0.2, -0.15) is 0 Å². The highest BCUT2D eigenvalue weighted by Gasteiger charge is 2.20. The van der Waals surface area contributed by atoms with Gasteiger partial charge in [0.1, 0.15) is 0 Å². The molecule has 10 heavy (non-hydrogen) atoms. The third-order valence-electron chi connectivity index (χ3n) is 1.46. The van der Waals surface area contributed by atoms with E-state index in [-0.39, 0.29) is 11.3 Å². The molecular weight excluding hydrogens is 190 g/mol. The van der Waals surface area contributed by atoms with Crippen molar-refractivity contribution in [2.24, 2.45) is 5.92 Å². The molecule has 1 aliphatic carbocycles. The number of alkyl halides is 2. The number of rotatable bonds is 1. The van der Waals surface area contributed by atoms with Gasteiger partial charge < -0.3 is 0 Å². The summed E-state index contributed by atoms with van der Waals surface area (Å²) in [4.78, 5) is 0. The molecular formula is C7H7Cl3. The predicted molar refractivity (Wildman–Crippen MR) is 46.9 cm³/mol. The Morgan fingerprint density at radius 3 is 2.60 bits per heavy atom. The van der Waals surface area contributed by atoms with Gasteiger partial charge in [0.05, 0.1) is 5.38 Å². The van der Waals surface area contributed by atoms with E-state index in [1.807, 2.05) is 18.2 Å². The van der Waals surface area contributed by atoms with Crippen molar-refractivity contribution in [3.63, 3.8) is 0 Å². The second-order valence-corrected chi connectivity index (χ2v) is 3.39. The highest BCUT2D eigenvalue weighted by atomic mass is 35.5. The summed E-state index contributed by atoms with van der Waals surface area (Å²) in [5, 5.41) is 0.701. The SMILES string of the molecule is ClCC1C(Cl)=CC=CC1Cl. The van der Waals surface area contributed by atoms with Gasteiger partial charge in [0.15, 0.2) is 0 Å². The first-order valence-corrected chi connectivity index (χ1v) is 4.34. The molecule has 0 aromatic heterocycles. The van der Waals surface area contributed by atoms with Crippen molar-refractivity contribution in [1.29, 1.82) is 0 Å². The van der Waals surface area contributed by atoms with Crippen LogP contribution >= 0.6 is 34.8 Å². The highest BCUT2D eigenvalue weighted by Crippen LogP contribution is 2.28. The van der Waals surface area contributed by atoms with E-state index in [0.29, 0.717) is 5.88 Å². The van der Waals surface area contributed by atoms with E-state index in [1.165, 1.54) is 0 Å². The minimum Gasteiger partial charge on any atom is -0.126 e. The fraction of sp³-hybridized carbons (Fsp3) is 0.429. The largest absolute Gasteiger partial charge is 0.126 e. The molecule has 0 amide bonds. The number of hydrogen-bond donors (Lipinski definition) is 0. The summed E-state index contributed by atoms with van der Waals surface area (Å²) in [6.07, 6.45) is 5.57. The van der Waals surface area contributed by atoms with Crippen molar-refractivity contribution in [2.45, 2.75) is 5.38 Å². The van der Waals surface area contributed by atoms with Crippen LogP contribution in [0.3, 0.4) is 0 Å². The van der Waals surface area contributed by atoms with Gasteiger partial charge >= 0.3 is 0 Å². The molecule has 0 nitrogen and oxygen atoms in total. The fourth-order valence-corrected chi connectivity index (χ4v) is 2.01. The zero-order valence-electron chi connectivity index (χ0n) is 5.23. The van der Waals surface area contributed by atoms with E-state index < -0.39 is 0 Å². The van der Waals surface area contributed by atoms with Crippen LogP contribution in [-0.2, 0) is 0 Å². The first-order valence-electron chi connectivity index (χ1n) is 2.99. The molecule has 0 saturated heterocycles. The normalized spacial score (nSPS) is 32.1. The summed E-state index contributed by atoms with van der Waals surface area (Å²) in [5.41, 5.74) is 0. The first-order chi connectivity index (χ1) is 4.75. The zero-order chi connectivity index (χ0) is 7.56. The van der Waals surface area contributed by atoms with Crippen molar-refractivity contribution >= 4 is 34.8 Å². The number of halogens is 3. The Hall–Kier alpha value is 0.350. The monoisotopic (exact) mass is 196 g/mol. The summed E-state index contributed by atoms with van der Waals surface area (Å²) in [6.45, 7) is 0. The molecule has 0 aromatic rings. The molecule has 1 rings (SSSR count). The zero-order valence-corrected chi connectivity index (χ0v) is 7.50. The maximum atomic E-state index is 5.88. The summed E-state index contributed by atoms with van der Waals surface area (Å²) in [6, 6.07) is 0. The van der Waals surface area contributed by atoms with Crippen LogP contribution in [0.5, 0.6) is 0 Å². The Morgan fingerprint density at radius 1 is 1.50 bits per heavy atom. The summed E-state index contributed by atoms with van der Waals surface area (Å²) >= 11 is 17.3. The van der Waals surface area contributed by atoms with Crippen molar-refractivity contribution in [1.82, 2.24) is 0 Å². The van der Waals surface area contributed by atoms with Crippen LogP contribution in [0.1, 0.15) is 0 Å². The lowest BCUT2D eigenvalue weighted by Gasteiger charge is -2.18. The van der Waals surface area contributed by atoms with Crippen molar-refractivity contribution in [3.8, 4) is 0 Å². The second-order valence-electron chi connectivity index (χ2n) is 2.14. The smallest absolute Gasteiger partial charge is 0.0607 e. The Balaban J connectivity index is 2.71. The molecule has 2 atom stereocenters. The van der Waals surface area contributed by atoms with Crippen molar-refractivity contribution in [3.05, 3.63) is 23.3 Å². The molecule has 0 N–H and O–H groups in total. The third kappa shape index (κ3) is 1.69. The quantitative estimate of drug-likeness (QED) is 0.567. The third-order valence-corrected chi connectivity index (χ3v) is 2.64. The number of hydrogen-bond acceptors (Lipinski definition) is 0. The molecule has 0 aromatic carbocycles. The molecule has 1 aliphatic rings. The molecule has 0 spiro atoms. The molecule has 0 fully saturated rings. The van der Waals surface area contributed by atoms with Gasteiger partial charge in [-0.25, -0.2) is 0 Å². The van der Waals surface area contributed by atoms with Crippen LogP contribution in [0.4, 0.5) is 0 Å². The predicted octanol–water partition coefficient (Wildman–Crippen LogP) is 3.14. The fourth-order valence-electron chi connectivity index (χ4n) is 0.822. The van der Waals surface area contributed by atoms with Crippen LogP contribution in [0.2, 0.25) is 0 Å². The first kappa shape index (κ1) is 8.45. The van der Waals surface area contributed by atoms with E-state index in [0.717, 1.165) is 5.03 Å². The molecule has 3 heteroatoms. The van der Waals surface area contributed by atoms with Gasteiger partial charge in [0, 0.05) is 16.8 Å². The average molecular weight is 197 g/mol. The van der Waals surface area contributed by atoms with E-state index in [2.05, 4.69) is 0 Å². The van der Waals surface area contributed by atoms with Crippen LogP contribution in [0.25, 0.3) is 0 Å². The van der Waals surface area contributed by atoms with Gasteiger partial charge in [0.2, 0.25) is 0 Å². The summed E-state index contributed by atoms with van der Waals surface area (Å²) in [7, 11) is 0. The molecule has 0 bridgehead atoms. The van der Waals surface area contributed by atoms with E-state index >= 15 is 0 Å². The van der Waals surface area contributed by atoms with Gasteiger partial charge in [-0.1, -0.05) is 23.8 Å². The highest BCUT2D eigenvalue weighted by molar-refractivity contribution is 6.33. The topological polar surface area (TPSA) is 0 Å². The van der Waals surface area contributed by atoms with Gasteiger partial charge in [-0.3, -0.25) is 0 Å². The minimum absolute atomic E-state index is 0.0463. The Kier molecular flexibility index (Phi) is 3.09. The Bertz CT molecular complexity index is 172. The Morgan fingerprint density at radius 2 is 2.20 bits per heavy atom. The molecule has 0 radical (unpaired) electrons. The Labute approximate surface area is 75.5 Å². The standard InChI is InChI=1S/C7H7Cl3/c8-4-5-6(9)2-1-3-7(5)10/h1-3,5-6H,4H2. The lowest BCUT2D eigenvalue weighted by Crippen LogP contribution is -2.16. The van der Waals surface area contributed by atoms with Crippen LogP contribution in [0, 0.1) is 5.92 Å². The maximum Gasteiger partial charge on any atom is 0.0607 e. The van der Waals surface area contributed by atoms with Crippen LogP contribution in [0.15, 0.2) is 23.3 Å². The van der Waals surface area contributed by atoms with Crippen LogP contribution in [-0.4, -0.2) is 11.3 Å². The molecule has 2 unspecified atom stereocenters. The lowest BCUT2D eigenvalue weighted by molar-refractivity contribution is 0.737. The lowest BCUT2D eigenvalue weighted by atomic mass is 10.0. The summed E-state index contributed by atoms with van der Waals surface area (Å²) < 4.78 is 0. The average Bonchev–Trinajstić information content (AvgIpc) is 1.88. The minimum atomic E-state index is -0.0463. The van der Waals surface area contributed by atoms with Crippen molar-refractivity contribution < 1.29 is 0 Å².